The van der Waals surface area contributed by atoms with Gasteiger partial charge < -0.3 is 5.73 Å². The van der Waals surface area contributed by atoms with Crippen LogP contribution in [0.25, 0.3) is 5.69 Å². The fraction of sp³-hybridized carbons (Fsp3) is 0. The lowest BCUT2D eigenvalue weighted by Crippen LogP contribution is -2.31. The second-order valence-electron chi connectivity index (χ2n) is 2.59. The van der Waals surface area contributed by atoms with Crippen molar-refractivity contribution in [3.63, 3.8) is 0 Å². The van der Waals surface area contributed by atoms with Crippen molar-refractivity contribution < 1.29 is 4.68 Å². The third-order valence-electron chi connectivity index (χ3n) is 1.69. The molecule has 1 heterocycles. The van der Waals surface area contributed by atoms with Gasteiger partial charge in [0.1, 0.15) is 0 Å². The maximum absolute atomic E-state index is 5.54. The molecule has 0 saturated carbocycles. The number of hydrogen-bond acceptors (Lipinski definition) is 1. The number of nitrogens with two attached hydrogens (primary N) is 1. The molecular weight excluding hydrogens is 150 g/mol. The molecule has 0 atom stereocenters. The lowest BCUT2D eigenvalue weighted by Gasteiger charge is -1.87. The molecule has 0 aliphatic carbocycles. The van der Waals surface area contributed by atoms with Gasteiger partial charge in [0.05, 0.1) is 6.07 Å². The van der Waals surface area contributed by atoms with Gasteiger partial charge in [0.25, 0.3) is 0 Å². The molecule has 0 aliphatic heterocycles. The lowest BCUT2D eigenvalue weighted by atomic mass is 10.3. The van der Waals surface area contributed by atoms with Crippen molar-refractivity contribution in [1.82, 2.24) is 5.10 Å². The van der Waals surface area contributed by atoms with Crippen molar-refractivity contribution in [2.75, 3.05) is 5.73 Å². The number of anilines is 1. The van der Waals surface area contributed by atoms with Crippen LogP contribution in [0.15, 0.2) is 42.6 Å². The Morgan fingerprint density at radius 2 is 1.83 bits per heavy atom. The molecule has 3 heteroatoms. The van der Waals surface area contributed by atoms with Crippen LogP contribution in [0.4, 0.5) is 5.82 Å². The van der Waals surface area contributed by atoms with Crippen molar-refractivity contribution >= 4 is 5.82 Å². The molecule has 0 amide bonds. The van der Waals surface area contributed by atoms with E-state index in [1.807, 2.05) is 47.3 Å². The van der Waals surface area contributed by atoms with Gasteiger partial charge in [-0.05, 0) is 0 Å². The van der Waals surface area contributed by atoms with Crippen molar-refractivity contribution in [2.45, 2.75) is 0 Å². The van der Waals surface area contributed by atoms with E-state index in [-0.39, 0.29) is 0 Å². The highest BCUT2D eigenvalue weighted by molar-refractivity contribution is 5.25. The molecule has 0 spiro atoms. The van der Waals surface area contributed by atoms with Gasteiger partial charge in [-0.2, -0.15) is 0 Å². The third-order valence-corrected chi connectivity index (χ3v) is 1.69. The number of nitrogens with one attached hydrogen (secondary N) is 1. The average molecular weight is 160 g/mol. The van der Waals surface area contributed by atoms with Crippen LogP contribution < -0.4 is 10.4 Å². The summed E-state index contributed by atoms with van der Waals surface area (Å²) in [5.41, 5.74) is 6.62. The van der Waals surface area contributed by atoms with Gasteiger partial charge in [-0.1, -0.05) is 22.9 Å². The molecule has 0 saturated heterocycles. The SMILES string of the molecule is Nc1cc[n+](-c2ccccc2)[nH]1. The smallest absolute Gasteiger partial charge is 0.235 e. The normalized spacial score (nSPS) is 10.0. The van der Waals surface area contributed by atoms with E-state index in [1.54, 1.807) is 0 Å². The Bertz CT molecular complexity index is 364. The number of aromatic amines is 1. The third kappa shape index (κ3) is 1.16. The summed E-state index contributed by atoms with van der Waals surface area (Å²) in [5, 5.41) is 2.99. The van der Waals surface area contributed by atoms with Gasteiger partial charge in [-0.25, -0.2) is 0 Å². The molecule has 1 aromatic heterocycles. The van der Waals surface area contributed by atoms with Crippen LogP contribution in [-0.2, 0) is 0 Å². The van der Waals surface area contributed by atoms with E-state index >= 15 is 0 Å². The molecule has 60 valence electrons. The molecule has 3 N–H and O–H groups in total. The van der Waals surface area contributed by atoms with Gasteiger partial charge in [0, 0.05) is 12.1 Å². The molecule has 0 unspecified atom stereocenters. The monoisotopic (exact) mass is 160 g/mol. The molecule has 1 aromatic carbocycles. The molecule has 0 radical (unpaired) electrons. The first-order valence-electron chi connectivity index (χ1n) is 3.78. The first kappa shape index (κ1) is 6.91. The Morgan fingerprint density at radius 1 is 1.08 bits per heavy atom. The Labute approximate surface area is 70.4 Å². The standard InChI is InChI=1S/C9H9N3/c10-9-6-7-12(11-9)8-4-2-1-3-5-8/h1-7H,(H2,10,11)/p+1. The topological polar surface area (TPSA) is 45.7 Å². The molecule has 2 rings (SSSR count). The predicted molar refractivity (Wildman–Crippen MR) is 46.7 cm³/mol. The number of nitrogen functional groups attached to an aromatic ring is 1. The van der Waals surface area contributed by atoms with Crippen molar-refractivity contribution in [2.24, 2.45) is 0 Å². The van der Waals surface area contributed by atoms with Crippen LogP contribution in [0.5, 0.6) is 0 Å². The van der Waals surface area contributed by atoms with Crippen LogP contribution in [0.1, 0.15) is 0 Å². The molecule has 12 heavy (non-hydrogen) atoms. The molecule has 0 bridgehead atoms. The largest absolute Gasteiger partial charge is 0.381 e. The molecule has 2 aromatic rings. The number of benzene rings is 1. The molecule has 3 nitrogen and oxygen atoms in total. The summed E-state index contributed by atoms with van der Waals surface area (Å²) in [4.78, 5) is 0. The predicted octanol–water partition coefficient (Wildman–Crippen LogP) is 0.874. The minimum absolute atomic E-state index is 0.666. The summed E-state index contributed by atoms with van der Waals surface area (Å²) in [6.07, 6.45) is 1.89. The lowest BCUT2D eigenvalue weighted by molar-refractivity contribution is -0.654. The highest BCUT2D eigenvalue weighted by atomic mass is 15.3. The number of rotatable bonds is 1. The van der Waals surface area contributed by atoms with Crippen LogP contribution in [-0.4, -0.2) is 5.10 Å². The summed E-state index contributed by atoms with van der Waals surface area (Å²) in [5.74, 6) is 0.666. The number of aromatic nitrogens is 2. The summed E-state index contributed by atoms with van der Waals surface area (Å²) >= 11 is 0. The van der Waals surface area contributed by atoms with Crippen LogP contribution in [0.2, 0.25) is 0 Å². The Hall–Kier alpha value is -1.77. The summed E-state index contributed by atoms with van der Waals surface area (Å²) in [6, 6.07) is 11.8. The Balaban J connectivity index is 2.45. The summed E-state index contributed by atoms with van der Waals surface area (Å²) < 4.78 is 1.87. The average Bonchev–Trinajstić information content (AvgIpc) is 2.54. The maximum Gasteiger partial charge on any atom is 0.235 e. The number of nitrogens with zero attached hydrogens (tertiary/aromatic N) is 1. The van der Waals surface area contributed by atoms with E-state index in [4.69, 9.17) is 5.73 Å². The number of hydrogen-bond donors (Lipinski definition) is 2. The zero-order valence-electron chi connectivity index (χ0n) is 6.57. The maximum atomic E-state index is 5.54. The zero-order chi connectivity index (χ0) is 8.39. The van der Waals surface area contributed by atoms with E-state index in [0.29, 0.717) is 5.82 Å². The van der Waals surface area contributed by atoms with Crippen LogP contribution >= 0.6 is 0 Å². The fourth-order valence-corrected chi connectivity index (χ4v) is 1.11. The van der Waals surface area contributed by atoms with Crippen LogP contribution in [0, 0.1) is 0 Å². The quantitative estimate of drug-likeness (QED) is 0.597. The minimum Gasteiger partial charge on any atom is -0.381 e. The van der Waals surface area contributed by atoms with E-state index in [2.05, 4.69) is 5.10 Å². The van der Waals surface area contributed by atoms with Crippen molar-refractivity contribution in [3.05, 3.63) is 42.6 Å². The first-order chi connectivity index (χ1) is 5.86. The van der Waals surface area contributed by atoms with Gasteiger partial charge in [-0.3, -0.25) is 0 Å². The second kappa shape index (κ2) is 2.70. The minimum atomic E-state index is 0.666. The highest BCUT2D eigenvalue weighted by Crippen LogP contribution is 1.98. The van der Waals surface area contributed by atoms with E-state index in [0.717, 1.165) is 5.69 Å². The Kier molecular flexibility index (Phi) is 1.55. The second-order valence-corrected chi connectivity index (χ2v) is 2.59. The number of para-hydroxylation sites is 1. The van der Waals surface area contributed by atoms with Crippen molar-refractivity contribution in [1.29, 1.82) is 0 Å². The van der Waals surface area contributed by atoms with Gasteiger partial charge in [-0.15, -0.1) is 5.10 Å². The van der Waals surface area contributed by atoms with E-state index in [9.17, 15) is 0 Å². The first-order valence-corrected chi connectivity index (χ1v) is 3.78. The van der Waals surface area contributed by atoms with E-state index in [1.165, 1.54) is 0 Å². The van der Waals surface area contributed by atoms with Gasteiger partial charge >= 0.3 is 0 Å². The molecular formula is C9H10N3+. The van der Waals surface area contributed by atoms with E-state index < -0.39 is 0 Å². The Morgan fingerprint density at radius 3 is 2.42 bits per heavy atom. The fourth-order valence-electron chi connectivity index (χ4n) is 1.11. The van der Waals surface area contributed by atoms with Gasteiger partial charge in [0.15, 0.2) is 5.82 Å². The van der Waals surface area contributed by atoms with Gasteiger partial charge in [0.2, 0.25) is 11.9 Å². The van der Waals surface area contributed by atoms with Crippen molar-refractivity contribution in [3.8, 4) is 5.69 Å². The zero-order valence-corrected chi connectivity index (χ0v) is 6.57. The molecule has 0 fully saturated rings. The summed E-state index contributed by atoms with van der Waals surface area (Å²) in [7, 11) is 0. The highest BCUT2D eigenvalue weighted by Gasteiger charge is 2.05. The van der Waals surface area contributed by atoms with Crippen LogP contribution in [0.3, 0.4) is 0 Å². The number of H-pyrrole nitrogens is 1. The molecule has 0 aliphatic rings. The summed E-state index contributed by atoms with van der Waals surface area (Å²) in [6.45, 7) is 0.